The zero-order chi connectivity index (χ0) is 18.4. The van der Waals surface area contributed by atoms with Gasteiger partial charge in [-0.05, 0) is 51.4 Å². The number of rotatable bonds is 4. The lowest BCUT2D eigenvalue weighted by molar-refractivity contribution is 0.00578. The molecule has 0 amide bonds. The van der Waals surface area contributed by atoms with Gasteiger partial charge in [-0.2, -0.15) is 0 Å². The zero-order valence-corrected chi connectivity index (χ0v) is 15.8. The Morgan fingerprint density at radius 3 is 2.24 bits per heavy atom. The van der Waals surface area contributed by atoms with Crippen molar-refractivity contribution >= 4 is 24.2 Å². The second-order valence-electron chi connectivity index (χ2n) is 7.70. The van der Waals surface area contributed by atoms with Gasteiger partial charge < -0.3 is 23.7 Å². The van der Waals surface area contributed by atoms with Crippen molar-refractivity contribution in [2.24, 2.45) is 0 Å². The number of ether oxygens (including phenoxy) is 2. The van der Waals surface area contributed by atoms with Crippen LogP contribution in [0.15, 0.2) is 18.2 Å². The molecule has 0 aliphatic carbocycles. The summed E-state index contributed by atoms with van der Waals surface area (Å²) in [7, 11) is 2.85. The minimum absolute atomic E-state index is 0.305. The number of carbonyl (C=O) groups excluding carboxylic acids is 1. The van der Waals surface area contributed by atoms with Crippen molar-refractivity contribution in [2.75, 3.05) is 32.3 Å². The summed E-state index contributed by atoms with van der Waals surface area (Å²) < 4.78 is 22.5. The molecule has 0 bridgehead atoms. The van der Waals surface area contributed by atoms with Crippen LogP contribution in [0.2, 0.25) is 0 Å². The van der Waals surface area contributed by atoms with E-state index in [4.69, 9.17) is 18.8 Å². The second kappa shape index (κ2) is 6.30. The molecule has 2 aliphatic heterocycles. The Labute approximate surface area is 149 Å². The van der Waals surface area contributed by atoms with Crippen LogP contribution in [0.4, 0.5) is 5.69 Å². The largest absolute Gasteiger partial charge is 0.494 e. The minimum Gasteiger partial charge on any atom is -0.465 e. The Bertz CT molecular complexity index is 655. The molecule has 0 radical (unpaired) electrons. The Morgan fingerprint density at radius 2 is 1.76 bits per heavy atom. The van der Waals surface area contributed by atoms with E-state index in [9.17, 15) is 4.79 Å². The Balaban J connectivity index is 1.97. The fourth-order valence-corrected chi connectivity index (χ4v) is 2.85. The molecule has 0 atom stereocenters. The summed E-state index contributed by atoms with van der Waals surface area (Å²) in [4.78, 5) is 14.2. The summed E-state index contributed by atoms with van der Waals surface area (Å²) in [5, 5.41) is 0. The van der Waals surface area contributed by atoms with Crippen LogP contribution in [0, 0.1) is 0 Å². The summed E-state index contributed by atoms with van der Waals surface area (Å²) >= 11 is 0. The van der Waals surface area contributed by atoms with E-state index in [0.717, 1.165) is 11.2 Å². The molecule has 0 aromatic heterocycles. The van der Waals surface area contributed by atoms with Gasteiger partial charge in [-0.15, -0.1) is 0 Å². The maximum atomic E-state index is 12.1. The molecular weight excluding hydrogens is 321 g/mol. The number of nitrogens with zero attached hydrogens (tertiary/aromatic N) is 1. The van der Waals surface area contributed by atoms with Crippen LogP contribution >= 0.6 is 0 Å². The van der Waals surface area contributed by atoms with Crippen molar-refractivity contribution in [3.63, 3.8) is 0 Å². The van der Waals surface area contributed by atoms with Crippen LogP contribution in [-0.4, -0.2) is 57.7 Å². The van der Waals surface area contributed by atoms with Crippen molar-refractivity contribution < 1.29 is 23.6 Å². The highest BCUT2D eigenvalue weighted by atomic mass is 16.7. The molecular formula is C18H26BNO5. The van der Waals surface area contributed by atoms with Crippen molar-refractivity contribution in [3.8, 4) is 0 Å². The fraction of sp³-hybridized carbons (Fsp3) is 0.611. The van der Waals surface area contributed by atoms with Crippen LogP contribution in [0.1, 0.15) is 38.1 Å². The predicted molar refractivity (Wildman–Crippen MR) is 96.5 cm³/mol. The van der Waals surface area contributed by atoms with Crippen LogP contribution in [0.25, 0.3) is 0 Å². The number of benzene rings is 1. The van der Waals surface area contributed by atoms with E-state index in [2.05, 4.69) is 4.90 Å². The number of hydrogen-bond donors (Lipinski definition) is 0. The van der Waals surface area contributed by atoms with E-state index in [-0.39, 0.29) is 5.97 Å². The SMILES string of the molecule is COC(=O)c1cc(B2OC(C)(C)C(C)(C)O2)cc(N(C)C2COC2)c1. The lowest BCUT2D eigenvalue weighted by Gasteiger charge is -2.36. The van der Waals surface area contributed by atoms with Crippen LogP contribution < -0.4 is 10.4 Å². The van der Waals surface area contributed by atoms with Crippen molar-refractivity contribution in [3.05, 3.63) is 23.8 Å². The average molecular weight is 347 g/mol. The summed E-state index contributed by atoms with van der Waals surface area (Å²) in [6, 6.07) is 5.92. The normalized spacial score (nSPS) is 21.8. The van der Waals surface area contributed by atoms with Gasteiger partial charge in [0.25, 0.3) is 0 Å². The zero-order valence-electron chi connectivity index (χ0n) is 15.8. The highest BCUT2D eigenvalue weighted by Gasteiger charge is 2.52. The molecule has 2 fully saturated rings. The number of carbonyl (C=O) groups is 1. The summed E-state index contributed by atoms with van der Waals surface area (Å²) in [6.45, 7) is 9.41. The lowest BCUT2D eigenvalue weighted by atomic mass is 9.78. The standard InChI is InChI=1S/C18H26BNO5/c1-17(2)18(3,4)25-19(24-17)13-7-12(16(21)22-6)8-14(9-13)20(5)15-10-23-11-15/h7-9,15H,10-11H2,1-6H3. The number of esters is 1. The number of hydrogen-bond acceptors (Lipinski definition) is 6. The highest BCUT2D eigenvalue weighted by molar-refractivity contribution is 6.62. The van der Waals surface area contributed by atoms with Crippen LogP contribution in [0.3, 0.4) is 0 Å². The van der Waals surface area contributed by atoms with Crippen molar-refractivity contribution in [1.29, 1.82) is 0 Å². The molecule has 25 heavy (non-hydrogen) atoms. The molecule has 0 spiro atoms. The predicted octanol–water partition coefficient (Wildman–Crippen LogP) is 1.61. The maximum absolute atomic E-state index is 12.1. The third-order valence-corrected chi connectivity index (χ3v) is 5.46. The molecule has 0 saturated carbocycles. The fourth-order valence-electron chi connectivity index (χ4n) is 2.85. The van der Waals surface area contributed by atoms with E-state index < -0.39 is 18.3 Å². The van der Waals surface area contributed by atoms with Gasteiger partial charge in [0.1, 0.15) is 0 Å². The Hall–Kier alpha value is -1.57. The van der Waals surface area contributed by atoms with Gasteiger partial charge >= 0.3 is 13.1 Å². The summed E-state index contributed by atoms with van der Waals surface area (Å²) in [5.41, 5.74) is 1.33. The molecule has 2 saturated heterocycles. The van der Waals surface area contributed by atoms with Crippen molar-refractivity contribution in [1.82, 2.24) is 0 Å². The van der Waals surface area contributed by atoms with Gasteiger partial charge in [-0.25, -0.2) is 4.79 Å². The van der Waals surface area contributed by atoms with E-state index in [0.29, 0.717) is 24.8 Å². The molecule has 3 rings (SSSR count). The molecule has 6 nitrogen and oxygen atoms in total. The van der Waals surface area contributed by atoms with Crippen LogP contribution in [-0.2, 0) is 18.8 Å². The smallest absolute Gasteiger partial charge is 0.465 e. The quantitative estimate of drug-likeness (QED) is 0.609. The minimum atomic E-state index is -0.528. The second-order valence-corrected chi connectivity index (χ2v) is 7.70. The summed E-state index contributed by atoms with van der Waals surface area (Å²) in [6.07, 6.45) is 0. The van der Waals surface area contributed by atoms with E-state index in [1.807, 2.05) is 46.9 Å². The van der Waals surface area contributed by atoms with E-state index in [1.165, 1.54) is 7.11 Å². The van der Waals surface area contributed by atoms with Gasteiger partial charge in [0, 0.05) is 12.7 Å². The van der Waals surface area contributed by atoms with E-state index >= 15 is 0 Å². The Kier molecular flexibility index (Phi) is 4.60. The number of methoxy groups -OCH3 is 1. The molecule has 2 aliphatic rings. The molecule has 0 unspecified atom stereocenters. The average Bonchev–Trinajstić information content (AvgIpc) is 2.72. The molecule has 1 aromatic rings. The first-order valence-electron chi connectivity index (χ1n) is 8.54. The summed E-state index contributed by atoms with van der Waals surface area (Å²) in [5.74, 6) is -0.377. The number of anilines is 1. The topological polar surface area (TPSA) is 57.2 Å². The third kappa shape index (κ3) is 3.28. The van der Waals surface area contributed by atoms with Gasteiger partial charge in [0.15, 0.2) is 0 Å². The maximum Gasteiger partial charge on any atom is 0.494 e. The monoisotopic (exact) mass is 347 g/mol. The molecule has 1 aromatic carbocycles. The molecule has 2 heterocycles. The molecule has 0 N–H and O–H groups in total. The van der Waals surface area contributed by atoms with Gasteiger partial charge in [-0.1, -0.05) is 0 Å². The van der Waals surface area contributed by atoms with Gasteiger partial charge in [0.2, 0.25) is 0 Å². The molecule has 7 heteroatoms. The Morgan fingerprint density at radius 1 is 1.16 bits per heavy atom. The highest BCUT2D eigenvalue weighted by Crippen LogP contribution is 2.36. The number of likely N-dealkylation sites (N-methyl/N-ethyl adjacent to an activating group) is 1. The lowest BCUT2D eigenvalue weighted by Crippen LogP contribution is -2.47. The van der Waals surface area contributed by atoms with Crippen molar-refractivity contribution in [2.45, 2.75) is 44.9 Å². The van der Waals surface area contributed by atoms with Gasteiger partial charge in [0.05, 0.1) is 43.1 Å². The van der Waals surface area contributed by atoms with Crippen LogP contribution in [0.5, 0.6) is 0 Å². The first-order valence-corrected chi connectivity index (χ1v) is 8.54. The van der Waals surface area contributed by atoms with Gasteiger partial charge in [-0.3, -0.25) is 0 Å². The van der Waals surface area contributed by atoms with E-state index in [1.54, 1.807) is 6.07 Å². The first-order chi connectivity index (χ1) is 11.6. The first kappa shape index (κ1) is 18.2. The molecule has 136 valence electrons. The third-order valence-electron chi connectivity index (χ3n) is 5.46.